The first-order valence-electron chi connectivity index (χ1n) is 9.70. The number of fused-ring (bicyclic) bond motifs is 1. The number of anilines is 1. The molecule has 0 bridgehead atoms. The first kappa shape index (κ1) is 22.6. The first-order valence-corrected chi connectivity index (χ1v) is 9.70. The van der Waals surface area contributed by atoms with Gasteiger partial charge in [0.1, 0.15) is 11.6 Å². The van der Waals surface area contributed by atoms with Gasteiger partial charge in [-0.25, -0.2) is 9.97 Å². The minimum Gasteiger partial charge on any atom is -0.493 e. The predicted octanol–water partition coefficient (Wildman–Crippen LogP) is 4.99. The van der Waals surface area contributed by atoms with E-state index in [0.29, 0.717) is 59.2 Å². The molecule has 0 aliphatic rings. The van der Waals surface area contributed by atoms with Gasteiger partial charge in [-0.1, -0.05) is 12.1 Å². The first-order chi connectivity index (χ1) is 14.8. The van der Waals surface area contributed by atoms with E-state index in [2.05, 4.69) is 15.3 Å². The second-order valence-electron chi connectivity index (χ2n) is 6.89. The minimum atomic E-state index is -4.39. The Balaban J connectivity index is 1.89. The summed E-state index contributed by atoms with van der Waals surface area (Å²) in [5.41, 5.74) is 0.441. The summed E-state index contributed by atoms with van der Waals surface area (Å²) in [4.78, 5) is 8.87. The van der Waals surface area contributed by atoms with Gasteiger partial charge < -0.3 is 19.5 Å². The summed E-state index contributed by atoms with van der Waals surface area (Å²) in [5, 5.41) is 3.81. The molecule has 0 unspecified atom stereocenters. The van der Waals surface area contributed by atoms with Gasteiger partial charge >= 0.3 is 6.18 Å². The Morgan fingerprint density at radius 1 is 1.00 bits per heavy atom. The van der Waals surface area contributed by atoms with Gasteiger partial charge in [-0.2, -0.15) is 13.2 Å². The summed E-state index contributed by atoms with van der Waals surface area (Å²) in [6.45, 7) is 2.93. The molecule has 3 rings (SSSR count). The zero-order chi connectivity index (χ0) is 22.4. The van der Waals surface area contributed by atoms with Crippen molar-refractivity contribution >= 4 is 16.7 Å². The second kappa shape index (κ2) is 9.82. The lowest BCUT2D eigenvalue weighted by Crippen LogP contribution is -2.08. The van der Waals surface area contributed by atoms with Crippen molar-refractivity contribution in [1.82, 2.24) is 9.97 Å². The molecule has 9 heteroatoms. The van der Waals surface area contributed by atoms with E-state index < -0.39 is 11.7 Å². The van der Waals surface area contributed by atoms with E-state index in [1.165, 1.54) is 6.07 Å². The number of hydrogen-bond donors (Lipinski definition) is 1. The maximum Gasteiger partial charge on any atom is 0.416 e. The van der Waals surface area contributed by atoms with Gasteiger partial charge in [-0.15, -0.1) is 0 Å². The van der Waals surface area contributed by atoms with Gasteiger partial charge in [-0.05, 0) is 30.7 Å². The van der Waals surface area contributed by atoms with Crippen LogP contribution in [0.4, 0.5) is 19.0 Å². The van der Waals surface area contributed by atoms with Crippen LogP contribution in [-0.4, -0.2) is 37.4 Å². The average molecular weight is 435 g/mol. The number of aryl methyl sites for hydroxylation is 1. The van der Waals surface area contributed by atoms with Crippen molar-refractivity contribution in [3.8, 4) is 11.5 Å². The fraction of sp³-hybridized carbons (Fsp3) is 0.364. The van der Waals surface area contributed by atoms with Crippen LogP contribution in [0.2, 0.25) is 0 Å². The van der Waals surface area contributed by atoms with Gasteiger partial charge in [0, 0.05) is 38.1 Å². The molecule has 6 nitrogen and oxygen atoms in total. The number of ether oxygens (including phenoxy) is 3. The highest BCUT2D eigenvalue weighted by atomic mass is 19.4. The van der Waals surface area contributed by atoms with Crippen molar-refractivity contribution in [2.45, 2.75) is 26.1 Å². The Morgan fingerprint density at radius 3 is 2.52 bits per heavy atom. The summed E-state index contributed by atoms with van der Waals surface area (Å²) in [6.07, 6.45) is -3.68. The SMILES string of the molecule is COCCCOc1cc2c(NCc3cccc(C(F)(F)F)c3)nc(C)nc2cc1OC. The van der Waals surface area contributed by atoms with Crippen LogP contribution in [0, 0.1) is 6.92 Å². The summed E-state index contributed by atoms with van der Waals surface area (Å²) in [5.74, 6) is 2.09. The molecule has 1 N–H and O–H groups in total. The molecule has 0 aliphatic heterocycles. The number of benzene rings is 2. The fourth-order valence-electron chi connectivity index (χ4n) is 3.09. The number of nitrogens with one attached hydrogen (secondary N) is 1. The lowest BCUT2D eigenvalue weighted by Gasteiger charge is -2.15. The lowest BCUT2D eigenvalue weighted by molar-refractivity contribution is -0.137. The van der Waals surface area contributed by atoms with Gasteiger partial charge in [0.15, 0.2) is 11.5 Å². The molecule has 3 aromatic rings. The molecule has 1 heterocycles. The van der Waals surface area contributed by atoms with E-state index >= 15 is 0 Å². The number of alkyl halides is 3. The summed E-state index contributed by atoms with van der Waals surface area (Å²) >= 11 is 0. The van der Waals surface area contributed by atoms with Gasteiger partial charge in [-0.3, -0.25) is 0 Å². The molecule has 1 aromatic heterocycles. The van der Waals surface area contributed by atoms with E-state index in [1.54, 1.807) is 39.3 Å². The number of aromatic nitrogens is 2. The average Bonchev–Trinajstić information content (AvgIpc) is 2.74. The molecule has 0 spiro atoms. The molecule has 0 atom stereocenters. The van der Waals surface area contributed by atoms with E-state index in [9.17, 15) is 13.2 Å². The third-order valence-corrected chi connectivity index (χ3v) is 4.56. The Hall–Kier alpha value is -3.07. The van der Waals surface area contributed by atoms with E-state index in [-0.39, 0.29) is 6.54 Å². The number of halogens is 3. The fourth-order valence-corrected chi connectivity index (χ4v) is 3.09. The molecule has 0 fully saturated rings. The number of rotatable bonds is 9. The molecule has 0 aliphatic carbocycles. The van der Waals surface area contributed by atoms with Crippen molar-refractivity contribution in [3.05, 3.63) is 53.3 Å². The number of nitrogens with zero attached hydrogens (tertiary/aromatic N) is 2. The molecule has 0 saturated carbocycles. The summed E-state index contributed by atoms with van der Waals surface area (Å²) in [6, 6.07) is 8.72. The third kappa shape index (κ3) is 5.75. The van der Waals surface area contributed by atoms with Crippen LogP contribution in [-0.2, 0) is 17.5 Å². The minimum absolute atomic E-state index is 0.172. The second-order valence-corrected chi connectivity index (χ2v) is 6.89. The standard InChI is InChI=1S/C22H24F3N3O3/c1-14-27-18-12-19(30-3)20(31-9-5-8-29-2)11-17(18)21(28-14)26-13-15-6-4-7-16(10-15)22(23,24)25/h4,6-7,10-12H,5,8-9,13H2,1-3H3,(H,26,27,28). The zero-order valence-electron chi connectivity index (χ0n) is 17.5. The van der Waals surface area contributed by atoms with Crippen LogP contribution in [0.5, 0.6) is 11.5 Å². The quantitative estimate of drug-likeness (QED) is 0.478. The molecule has 2 aromatic carbocycles. The maximum absolute atomic E-state index is 13.0. The van der Waals surface area contributed by atoms with Crippen LogP contribution >= 0.6 is 0 Å². The van der Waals surface area contributed by atoms with Crippen molar-refractivity contribution in [1.29, 1.82) is 0 Å². The van der Waals surface area contributed by atoms with Crippen molar-refractivity contribution in [3.63, 3.8) is 0 Å². The van der Waals surface area contributed by atoms with E-state index in [1.807, 2.05) is 0 Å². The Morgan fingerprint density at radius 2 is 1.81 bits per heavy atom. The Labute approximate surface area is 178 Å². The van der Waals surface area contributed by atoms with E-state index in [0.717, 1.165) is 12.1 Å². The van der Waals surface area contributed by atoms with Crippen molar-refractivity contribution in [2.24, 2.45) is 0 Å². The zero-order valence-corrected chi connectivity index (χ0v) is 17.5. The van der Waals surface area contributed by atoms with Crippen LogP contribution in [0.1, 0.15) is 23.4 Å². The molecule has 0 amide bonds. The molecular formula is C22H24F3N3O3. The highest BCUT2D eigenvalue weighted by molar-refractivity contribution is 5.91. The highest BCUT2D eigenvalue weighted by Crippen LogP contribution is 2.35. The Bertz CT molecular complexity index is 1040. The van der Waals surface area contributed by atoms with E-state index in [4.69, 9.17) is 14.2 Å². The van der Waals surface area contributed by atoms with Crippen LogP contribution in [0.15, 0.2) is 36.4 Å². The monoisotopic (exact) mass is 435 g/mol. The summed E-state index contributed by atoms with van der Waals surface area (Å²) < 4.78 is 55.2. The largest absolute Gasteiger partial charge is 0.493 e. The van der Waals surface area contributed by atoms with Crippen molar-refractivity contribution in [2.75, 3.05) is 32.8 Å². The van der Waals surface area contributed by atoms with Crippen LogP contribution in [0.25, 0.3) is 10.9 Å². The third-order valence-electron chi connectivity index (χ3n) is 4.56. The van der Waals surface area contributed by atoms with Gasteiger partial charge in [0.2, 0.25) is 0 Å². The number of methoxy groups -OCH3 is 2. The van der Waals surface area contributed by atoms with Crippen LogP contribution < -0.4 is 14.8 Å². The Kier molecular flexibility index (Phi) is 7.17. The maximum atomic E-state index is 13.0. The predicted molar refractivity (Wildman–Crippen MR) is 112 cm³/mol. The molecular weight excluding hydrogens is 411 g/mol. The molecule has 166 valence electrons. The van der Waals surface area contributed by atoms with Crippen molar-refractivity contribution < 1.29 is 27.4 Å². The molecule has 0 saturated heterocycles. The van der Waals surface area contributed by atoms with Gasteiger partial charge in [0.05, 0.1) is 24.8 Å². The normalized spacial score (nSPS) is 11.5. The topological polar surface area (TPSA) is 65.5 Å². The highest BCUT2D eigenvalue weighted by Gasteiger charge is 2.30. The molecule has 0 radical (unpaired) electrons. The molecule has 31 heavy (non-hydrogen) atoms. The van der Waals surface area contributed by atoms with Gasteiger partial charge in [0.25, 0.3) is 0 Å². The smallest absolute Gasteiger partial charge is 0.416 e. The lowest BCUT2D eigenvalue weighted by atomic mass is 10.1. The van der Waals surface area contributed by atoms with Crippen LogP contribution in [0.3, 0.4) is 0 Å². The number of hydrogen-bond acceptors (Lipinski definition) is 6. The summed E-state index contributed by atoms with van der Waals surface area (Å²) in [7, 11) is 3.17.